The van der Waals surface area contributed by atoms with Gasteiger partial charge in [0.1, 0.15) is 0 Å². The van der Waals surface area contributed by atoms with Crippen molar-refractivity contribution in [3.63, 3.8) is 0 Å². The maximum absolute atomic E-state index is 3.76. The van der Waals surface area contributed by atoms with Gasteiger partial charge in [-0.1, -0.05) is 40.5 Å². The van der Waals surface area contributed by atoms with E-state index < -0.39 is 0 Å². The van der Waals surface area contributed by atoms with E-state index in [-0.39, 0.29) is 0 Å². The number of hydrogen-bond acceptors (Lipinski definition) is 1. The molecule has 0 aromatic heterocycles. The Kier molecular flexibility index (Phi) is 5.82. The van der Waals surface area contributed by atoms with E-state index in [2.05, 4.69) is 33.0 Å². The molecule has 1 heteroatoms. The van der Waals surface area contributed by atoms with Crippen molar-refractivity contribution in [3.05, 3.63) is 0 Å². The molecular formula is C15H31N. The van der Waals surface area contributed by atoms with Gasteiger partial charge in [0, 0.05) is 12.6 Å². The highest BCUT2D eigenvalue weighted by molar-refractivity contribution is 4.87. The molecule has 1 aliphatic rings. The Labute approximate surface area is 102 Å². The first kappa shape index (κ1) is 14.0. The van der Waals surface area contributed by atoms with Gasteiger partial charge >= 0.3 is 0 Å². The van der Waals surface area contributed by atoms with Gasteiger partial charge in [0.25, 0.3) is 0 Å². The summed E-state index contributed by atoms with van der Waals surface area (Å²) in [6, 6.07) is 0.861. The zero-order valence-corrected chi connectivity index (χ0v) is 11.8. The van der Waals surface area contributed by atoms with E-state index in [1.807, 2.05) is 0 Å². The van der Waals surface area contributed by atoms with Crippen LogP contribution < -0.4 is 5.32 Å². The van der Waals surface area contributed by atoms with Gasteiger partial charge in [0.15, 0.2) is 0 Å². The van der Waals surface area contributed by atoms with E-state index >= 15 is 0 Å². The predicted molar refractivity (Wildman–Crippen MR) is 72.7 cm³/mol. The largest absolute Gasteiger partial charge is 0.313 e. The minimum absolute atomic E-state index is 0.576. The van der Waals surface area contributed by atoms with Crippen LogP contribution in [0, 0.1) is 11.3 Å². The third-order valence-electron chi connectivity index (χ3n) is 4.00. The Morgan fingerprint density at radius 1 is 1.25 bits per heavy atom. The fourth-order valence-electron chi connectivity index (χ4n) is 2.77. The van der Waals surface area contributed by atoms with E-state index in [1.54, 1.807) is 0 Å². The predicted octanol–water partition coefficient (Wildman–Crippen LogP) is 4.37. The second kappa shape index (κ2) is 6.64. The van der Waals surface area contributed by atoms with Crippen LogP contribution in [0.4, 0.5) is 0 Å². The third kappa shape index (κ3) is 4.86. The van der Waals surface area contributed by atoms with Crippen molar-refractivity contribution < 1.29 is 0 Å². The normalized spacial score (nSPS) is 20.1. The monoisotopic (exact) mass is 225 g/mol. The summed E-state index contributed by atoms with van der Waals surface area (Å²) >= 11 is 0. The highest BCUT2D eigenvalue weighted by Gasteiger charge is 2.31. The summed E-state index contributed by atoms with van der Waals surface area (Å²) in [5.41, 5.74) is 0.576. The highest BCUT2D eigenvalue weighted by atomic mass is 15.0. The summed E-state index contributed by atoms with van der Waals surface area (Å²) in [6.45, 7) is 10.7. The second-order valence-electron chi connectivity index (χ2n) is 6.21. The molecule has 0 aliphatic heterocycles. The van der Waals surface area contributed by atoms with Crippen LogP contribution in [0.3, 0.4) is 0 Å². The SMILES string of the molecule is CCCCC(CC)(CNC1CC1)CC(C)C. The van der Waals surface area contributed by atoms with Gasteiger partial charge in [-0.25, -0.2) is 0 Å². The van der Waals surface area contributed by atoms with Crippen LogP contribution in [0.1, 0.15) is 72.6 Å². The minimum atomic E-state index is 0.576. The number of hydrogen-bond donors (Lipinski definition) is 1. The van der Waals surface area contributed by atoms with E-state index in [9.17, 15) is 0 Å². The van der Waals surface area contributed by atoms with Crippen molar-refractivity contribution in [3.8, 4) is 0 Å². The van der Waals surface area contributed by atoms with Crippen molar-refractivity contribution in [2.75, 3.05) is 6.54 Å². The van der Waals surface area contributed by atoms with Crippen molar-refractivity contribution >= 4 is 0 Å². The molecule has 0 aromatic carbocycles. The summed E-state index contributed by atoms with van der Waals surface area (Å²) in [5, 5.41) is 3.76. The molecule has 1 atom stereocenters. The smallest absolute Gasteiger partial charge is 0.00684 e. The zero-order valence-electron chi connectivity index (χ0n) is 11.8. The molecule has 16 heavy (non-hydrogen) atoms. The lowest BCUT2D eigenvalue weighted by atomic mass is 9.74. The van der Waals surface area contributed by atoms with Crippen LogP contribution in [-0.2, 0) is 0 Å². The van der Waals surface area contributed by atoms with Gasteiger partial charge in [0.05, 0.1) is 0 Å². The van der Waals surface area contributed by atoms with Crippen LogP contribution in [0.2, 0.25) is 0 Å². The summed E-state index contributed by atoms with van der Waals surface area (Å²) in [5.74, 6) is 0.831. The van der Waals surface area contributed by atoms with Gasteiger partial charge in [-0.05, 0) is 43.4 Å². The standard InChI is InChI=1S/C15H31N/c1-5-7-10-15(6-2,11-13(3)4)12-16-14-8-9-14/h13-14,16H,5-12H2,1-4H3. The van der Waals surface area contributed by atoms with Crippen LogP contribution in [0.5, 0.6) is 0 Å². The van der Waals surface area contributed by atoms with Crippen molar-refractivity contribution in [1.82, 2.24) is 5.32 Å². The van der Waals surface area contributed by atoms with Gasteiger partial charge < -0.3 is 5.32 Å². The average molecular weight is 225 g/mol. The van der Waals surface area contributed by atoms with Crippen LogP contribution in [0.25, 0.3) is 0 Å². The Bertz CT molecular complexity index is 184. The van der Waals surface area contributed by atoms with Gasteiger partial charge in [0.2, 0.25) is 0 Å². The first-order chi connectivity index (χ1) is 7.62. The fourth-order valence-corrected chi connectivity index (χ4v) is 2.77. The minimum Gasteiger partial charge on any atom is -0.313 e. The first-order valence-electron chi connectivity index (χ1n) is 7.35. The van der Waals surface area contributed by atoms with E-state index in [0.29, 0.717) is 5.41 Å². The summed E-state index contributed by atoms with van der Waals surface area (Å²) in [4.78, 5) is 0. The molecule has 1 saturated carbocycles. The third-order valence-corrected chi connectivity index (χ3v) is 4.00. The number of rotatable bonds is 9. The summed E-state index contributed by atoms with van der Waals surface area (Å²) in [6.07, 6.45) is 9.70. The lowest BCUT2D eigenvalue weighted by Gasteiger charge is -2.35. The molecule has 0 saturated heterocycles. The zero-order chi connectivity index (χ0) is 12.0. The van der Waals surface area contributed by atoms with Crippen LogP contribution in [-0.4, -0.2) is 12.6 Å². The molecule has 1 N–H and O–H groups in total. The van der Waals surface area contributed by atoms with Crippen molar-refractivity contribution in [2.24, 2.45) is 11.3 Å². The molecule has 0 spiro atoms. The molecule has 1 nitrogen and oxygen atoms in total. The quantitative estimate of drug-likeness (QED) is 0.614. The highest BCUT2D eigenvalue weighted by Crippen LogP contribution is 2.36. The van der Waals surface area contributed by atoms with Crippen molar-refractivity contribution in [2.45, 2.75) is 78.7 Å². The Hall–Kier alpha value is -0.0400. The second-order valence-corrected chi connectivity index (χ2v) is 6.21. The maximum atomic E-state index is 3.76. The van der Waals surface area contributed by atoms with Gasteiger partial charge in [-0.2, -0.15) is 0 Å². The first-order valence-corrected chi connectivity index (χ1v) is 7.35. The molecular weight excluding hydrogens is 194 g/mol. The topological polar surface area (TPSA) is 12.0 Å². The van der Waals surface area contributed by atoms with E-state index in [1.165, 1.54) is 51.5 Å². The molecule has 0 heterocycles. The van der Waals surface area contributed by atoms with Gasteiger partial charge in [-0.15, -0.1) is 0 Å². The molecule has 1 rings (SSSR count). The molecule has 0 radical (unpaired) electrons. The lowest BCUT2D eigenvalue weighted by Crippen LogP contribution is -2.36. The van der Waals surface area contributed by atoms with E-state index in [4.69, 9.17) is 0 Å². The number of nitrogens with one attached hydrogen (secondary N) is 1. The Morgan fingerprint density at radius 2 is 1.94 bits per heavy atom. The molecule has 0 bridgehead atoms. The lowest BCUT2D eigenvalue weighted by molar-refractivity contribution is 0.184. The molecule has 96 valence electrons. The molecule has 0 aromatic rings. The maximum Gasteiger partial charge on any atom is 0.00684 e. The molecule has 1 aliphatic carbocycles. The molecule has 0 amide bonds. The Balaban J connectivity index is 2.46. The van der Waals surface area contributed by atoms with E-state index in [0.717, 1.165) is 12.0 Å². The average Bonchev–Trinajstić information content (AvgIpc) is 3.05. The number of unbranched alkanes of at least 4 members (excludes halogenated alkanes) is 1. The summed E-state index contributed by atoms with van der Waals surface area (Å²) in [7, 11) is 0. The fraction of sp³-hybridized carbons (Fsp3) is 1.00. The molecule has 1 unspecified atom stereocenters. The van der Waals surface area contributed by atoms with Crippen molar-refractivity contribution in [1.29, 1.82) is 0 Å². The van der Waals surface area contributed by atoms with Crippen LogP contribution in [0.15, 0.2) is 0 Å². The van der Waals surface area contributed by atoms with Gasteiger partial charge in [-0.3, -0.25) is 0 Å². The Morgan fingerprint density at radius 3 is 2.38 bits per heavy atom. The summed E-state index contributed by atoms with van der Waals surface area (Å²) < 4.78 is 0. The van der Waals surface area contributed by atoms with Crippen LogP contribution >= 0.6 is 0 Å². The molecule has 1 fully saturated rings.